The van der Waals surface area contributed by atoms with Crippen molar-refractivity contribution in [3.8, 4) is 0 Å². The summed E-state index contributed by atoms with van der Waals surface area (Å²) >= 11 is 0. The van der Waals surface area contributed by atoms with Gasteiger partial charge in [0.1, 0.15) is 0 Å². The van der Waals surface area contributed by atoms with Crippen molar-refractivity contribution in [3.05, 3.63) is 30.3 Å². The lowest BCUT2D eigenvalue weighted by Gasteiger charge is -2.45. The average Bonchev–Trinajstić information content (AvgIpc) is 2.24. The number of hydrogen-bond acceptors (Lipinski definition) is 1. The summed E-state index contributed by atoms with van der Waals surface area (Å²) in [7, 11) is -4.63. The molecule has 0 N–H and O–H groups in total. The fourth-order valence-electron chi connectivity index (χ4n) is 2.68. The highest BCUT2D eigenvalue weighted by molar-refractivity contribution is 7.44. The summed E-state index contributed by atoms with van der Waals surface area (Å²) in [5.74, 6) is 0. The van der Waals surface area contributed by atoms with Gasteiger partial charge in [0.05, 0.1) is 7.59 Å². The van der Waals surface area contributed by atoms with Crippen LogP contribution < -0.4 is 5.19 Å². The van der Waals surface area contributed by atoms with Crippen LogP contribution in [0.1, 0.15) is 6.92 Å². The maximum atomic E-state index is 6.86. The molecule has 0 saturated heterocycles. The van der Waals surface area contributed by atoms with Crippen molar-refractivity contribution < 1.29 is 4.12 Å². The molecule has 0 aliphatic rings. The van der Waals surface area contributed by atoms with Gasteiger partial charge in [-0.15, -0.1) is 0 Å². The van der Waals surface area contributed by atoms with Gasteiger partial charge in [0.2, 0.25) is 0 Å². The second-order valence-corrected chi connectivity index (χ2v) is 26.4. The molecule has 1 atom stereocenters. The van der Waals surface area contributed by atoms with Gasteiger partial charge in [0.25, 0.3) is 0 Å². The first-order chi connectivity index (χ1) is 8.12. The van der Waals surface area contributed by atoms with Crippen molar-refractivity contribution in [2.24, 2.45) is 0 Å². The van der Waals surface area contributed by atoms with Gasteiger partial charge in [-0.25, -0.2) is 0 Å². The summed E-state index contributed by atoms with van der Waals surface area (Å²) < 4.78 is 6.86. The molecular weight excluding hydrogens is 268 g/mol. The van der Waals surface area contributed by atoms with Crippen LogP contribution in [-0.2, 0) is 4.12 Å². The largest absolute Gasteiger partial charge is 0.454 e. The van der Waals surface area contributed by atoms with E-state index in [1.165, 1.54) is 11.2 Å². The Morgan fingerprint density at radius 2 is 1.39 bits per heavy atom. The highest BCUT2D eigenvalue weighted by Gasteiger charge is 2.49. The van der Waals surface area contributed by atoms with E-state index >= 15 is 0 Å². The van der Waals surface area contributed by atoms with Crippen molar-refractivity contribution in [1.82, 2.24) is 0 Å². The van der Waals surface area contributed by atoms with Crippen molar-refractivity contribution in [1.29, 1.82) is 0 Å². The van der Waals surface area contributed by atoms with Gasteiger partial charge in [0.15, 0.2) is 16.2 Å². The Morgan fingerprint density at radius 1 is 0.889 bits per heavy atom. The molecule has 18 heavy (non-hydrogen) atoms. The highest BCUT2D eigenvalue weighted by Crippen LogP contribution is 2.28. The minimum absolute atomic E-state index is 1.21. The molecule has 102 valence electrons. The Kier molecular flexibility index (Phi) is 4.81. The van der Waals surface area contributed by atoms with Crippen molar-refractivity contribution in [3.63, 3.8) is 0 Å². The highest BCUT2D eigenvalue weighted by atomic mass is 29.3. The van der Waals surface area contributed by atoms with Crippen LogP contribution in [0.15, 0.2) is 30.3 Å². The van der Waals surface area contributed by atoms with Crippen LogP contribution in [0.25, 0.3) is 0 Å². The van der Waals surface area contributed by atoms with Crippen LogP contribution in [0.4, 0.5) is 0 Å². The molecule has 1 rings (SSSR count). The predicted octanol–water partition coefficient (Wildman–Crippen LogP) is 4.13. The predicted molar refractivity (Wildman–Crippen MR) is 90.1 cm³/mol. The van der Waals surface area contributed by atoms with Gasteiger partial charge in [-0.05, 0) is 30.9 Å². The number of rotatable bonds is 5. The monoisotopic (exact) mass is 296 g/mol. The van der Waals surface area contributed by atoms with Crippen LogP contribution in [-0.4, -0.2) is 23.7 Å². The standard InChI is InChI=1S/C14H28OSi3/c1-8-18(17(5,6)7,15-16(2,3)4)14-12-10-9-11-13-14/h9-13H,8H2,1-7H3. The third kappa shape index (κ3) is 3.44. The summed E-state index contributed by atoms with van der Waals surface area (Å²) in [6.07, 6.45) is 0. The van der Waals surface area contributed by atoms with E-state index in [1.807, 2.05) is 0 Å². The van der Waals surface area contributed by atoms with E-state index in [-0.39, 0.29) is 0 Å². The first kappa shape index (κ1) is 15.9. The lowest BCUT2D eigenvalue weighted by molar-refractivity contribution is 0.568. The van der Waals surface area contributed by atoms with Crippen LogP contribution in [0.3, 0.4) is 0 Å². The van der Waals surface area contributed by atoms with Crippen molar-refractivity contribution >= 4 is 28.9 Å². The summed E-state index contributed by atoms with van der Waals surface area (Å²) in [4.78, 5) is 0. The summed E-state index contributed by atoms with van der Waals surface area (Å²) in [6, 6.07) is 12.2. The second kappa shape index (κ2) is 5.45. The topological polar surface area (TPSA) is 9.23 Å². The molecule has 0 heterocycles. The Labute approximate surface area is 116 Å². The lowest BCUT2D eigenvalue weighted by Crippen LogP contribution is -2.70. The van der Waals surface area contributed by atoms with Gasteiger partial charge in [-0.2, -0.15) is 0 Å². The Balaban J connectivity index is 3.33. The molecule has 0 saturated carbocycles. The molecule has 0 aliphatic carbocycles. The molecular formula is C14H28OSi3. The third-order valence-electron chi connectivity index (χ3n) is 3.43. The first-order valence-electron chi connectivity index (χ1n) is 6.88. The third-order valence-corrected chi connectivity index (χ3v) is 22.1. The molecule has 1 aromatic rings. The lowest BCUT2D eigenvalue weighted by atomic mass is 10.4. The molecule has 0 fully saturated rings. The van der Waals surface area contributed by atoms with E-state index in [0.29, 0.717) is 0 Å². The van der Waals surface area contributed by atoms with Crippen LogP contribution >= 0.6 is 0 Å². The molecule has 0 bridgehead atoms. The van der Waals surface area contributed by atoms with E-state index in [2.05, 4.69) is 76.5 Å². The Morgan fingerprint density at radius 3 is 1.72 bits per heavy atom. The van der Waals surface area contributed by atoms with Crippen LogP contribution in [0.2, 0.25) is 45.3 Å². The van der Waals surface area contributed by atoms with Crippen molar-refractivity contribution in [2.45, 2.75) is 52.2 Å². The zero-order valence-corrected chi connectivity index (χ0v) is 16.0. The maximum absolute atomic E-state index is 6.86. The molecule has 0 aromatic heterocycles. The minimum Gasteiger partial charge on any atom is -0.454 e. The van der Waals surface area contributed by atoms with Gasteiger partial charge in [-0.1, -0.05) is 56.9 Å². The second-order valence-electron chi connectivity index (χ2n) is 7.01. The minimum atomic E-state index is -1.78. The molecule has 1 unspecified atom stereocenters. The molecule has 1 aromatic carbocycles. The molecule has 0 spiro atoms. The van der Waals surface area contributed by atoms with Crippen LogP contribution in [0, 0.1) is 0 Å². The summed E-state index contributed by atoms with van der Waals surface area (Å²) in [5, 5.41) is 1.51. The number of hydrogen-bond donors (Lipinski definition) is 0. The van der Waals surface area contributed by atoms with Crippen LogP contribution in [0.5, 0.6) is 0 Å². The number of benzene rings is 1. The van der Waals surface area contributed by atoms with E-state index in [1.54, 1.807) is 0 Å². The van der Waals surface area contributed by atoms with Crippen molar-refractivity contribution in [2.75, 3.05) is 0 Å². The Hall–Kier alpha value is -0.169. The smallest absolute Gasteiger partial charge is 0.196 e. The zero-order chi connectivity index (χ0) is 14.0. The SMILES string of the molecule is CC[Si](O[Si](C)(C)C)(c1ccccc1)[Si](C)(C)C. The average molecular weight is 297 g/mol. The van der Waals surface area contributed by atoms with Gasteiger partial charge in [-0.3, -0.25) is 0 Å². The molecule has 1 nitrogen and oxygen atoms in total. The Bertz CT molecular complexity index is 378. The van der Waals surface area contributed by atoms with Gasteiger partial charge in [0, 0.05) is 0 Å². The fraction of sp³-hybridized carbons (Fsp3) is 0.571. The normalized spacial score (nSPS) is 16.4. The van der Waals surface area contributed by atoms with E-state index < -0.39 is 23.7 Å². The van der Waals surface area contributed by atoms with E-state index in [4.69, 9.17) is 4.12 Å². The fourth-order valence-corrected chi connectivity index (χ4v) is 24.0. The van der Waals surface area contributed by atoms with E-state index in [9.17, 15) is 0 Å². The summed E-state index contributed by atoms with van der Waals surface area (Å²) in [5.41, 5.74) is 0. The molecule has 0 amide bonds. The van der Waals surface area contributed by atoms with Gasteiger partial charge < -0.3 is 4.12 Å². The zero-order valence-electron chi connectivity index (χ0n) is 13.0. The first-order valence-corrected chi connectivity index (χ1v) is 16.9. The molecule has 0 radical (unpaired) electrons. The quantitative estimate of drug-likeness (QED) is 0.743. The summed E-state index contributed by atoms with van der Waals surface area (Å²) in [6.45, 7) is 16.8. The molecule has 4 heteroatoms. The molecule has 0 aliphatic heterocycles. The maximum Gasteiger partial charge on any atom is 0.196 e. The van der Waals surface area contributed by atoms with E-state index in [0.717, 1.165) is 0 Å². The van der Waals surface area contributed by atoms with Gasteiger partial charge >= 0.3 is 0 Å².